The van der Waals surface area contributed by atoms with E-state index >= 15 is 0 Å². The summed E-state index contributed by atoms with van der Waals surface area (Å²) >= 11 is 6.46. The lowest BCUT2D eigenvalue weighted by Crippen LogP contribution is -2.42. The SMILES string of the molecule is CC(C)CN(CC(=O)Nc1cc(-c2ccccc2)nn1-c1ccccc1Cl)C(=O)COCc1ccccc1. The first-order valence-electron chi connectivity index (χ1n) is 12.5. The Labute approximate surface area is 228 Å². The minimum absolute atomic E-state index is 0.107. The van der Waals surface area contributed by atoms with Gasteiger partial charge in [-0.05, 0) is 23.6 Å². The van der Waals surface area contributed by atoms with Crippen LogP contribution in [0.15, 0.2) is 91.0 Å². The summed E-state index contributed by atoms with van der Waals surface area (Å²) in [5.74, 6) is 0.0580. The van der Waals surface area contributed by atoms with Crippen LogP contribution in [0.4, 0.5) is 5.82 Å². The number of rotatable bonds is 11. The lowest BCUT2D eigenvalue weighted by atomic mass is 10.1. The van der Waals surface area contributed by atoms with Gasteiger partial charge in [0.1, 0.15) is 12.4 Å². The molecule has 8 heteroatoms. The van der Waals surface area contributed by atoms with Gasteiger partial charge >= 0.3 is 0 Å². The van der Waals surface area contributed by atoms with Crippen molar-refractivity contribution in [1.82, 2.24) is 14.7 Å². The monoisotopic (exact) mass is 530 g/mol. The van der Waals surface area contributed by atoms with Crippen LogP contribution >= 0.6 is 11.6 Å². The van der Waals surface area contributed by atoms with Gasteiger partial charge in [0, 0.05) is 18.2 Å². The number of halogens is 1. The van der Waals surface area contributed by atoms with E-state index in [0.29, 0.717) is 35.4 Å². The van der Waals surface area contributed by atoms with E-state index in [1.165, 1.54) is 4.90 Å². The Morgan fingerprint density at radius 1 is 0.974 bits per heavy atom. The van der Waals surface area contributed by atoms with Crippen molar-refractivity contribution in [2.45, 2.75) is 20.5 Å². The van der Waals surface area contributed by atoms with Gasteiger partial charge in [-0.2, -0.15) is 5.10 Å². The molecule has 0 spiro atoms. The topological polar surface area (TPSA) is 76.5 Å². The molecule has 0 fully saturated rings. The Kier molecular flexibility index (Phi) is 9.30. The fraction of sp³-hybridized carbons (Fsp3) is 0.233. The highest BCUT2D eigenvalue weighted by Crippen LogP contribution is 2.28. The van der Waals surface area contributed by atoms with E-state index in [1.807, 2.05) is 92.7 Å². The van der Waals surface area contributed by atoms with Crippen LogP contribution in [-0.4, -0.2) is 46.2 Å². The number of hydrogen-bond donors (Lipinski definition) is 1. The fourth-order valence-electron chi connectivity index (χ4n) is 4.00. The average molecular weight is 531 g/mol. The third-order valence-electron chi connectivity index (χ3n) is 5.74. The Balaban J connectivity index is 1.49. The maximum Gasteiger partial charge on any atom is 0.249 e. The van der Waals surface area contributed by atoms with Gasteiger partial charge in [0.2, 0.25) is 11.8 Å². The molecule has 0 aliphatic carbocycles. The molecule has 0 saturated carbocycles. The van der Waals surface area contributed by atoms with Crippen molar-refractivity contribution >= 4 is 29.2 Å². The van der Waals surface area contributed by atoms with Crippen molar-refractivity contribution in [1.29, 1.82) is 0 Å². The summed E-state index contributed by atoms with van der Waals surface area (Å²) in [6, 6.07) is 28.4. The summed E-state index contributed by atoms with van der Waals surface area (Å²) in [5, 5.41) is 8.15. The van der Waals surface area contributed by atoms with E-state index in [-0.39, 0.29) is 30.9 Å². The molecule has 0 aliphatic heterocycles. The van der Waals surface area contributed by atoms with Crippen molar-refractivity contribution in [2.75, 3.05) is 25.0 Å². The second kappa shape index (κ2) is 13.0. The van der Waals surface area contributed by atoms with E-state index in [1.54, 1.807) is 16.8 Å². The number of nitrogens with zero attached hydrogens (tertiary/aromatic N) is 3. The molecule has 196 valence electrons. The van der Waals surface area contributed by atoms with Crippen LogP contribution in [0, 0.1) is 5.92 Å². The molecule has 0 aliphatic rings. The third-order valence-corrected chi connectivity index (χ3v) is 6.06. The van der Waals surface area contributed by atoms with Gasteiger partial charge in [-0.15, -0.1) is 0 Å². The number of ether oxygens (including phenoxy) is 1. The van der Waals surface area contributed by atoms with E-state index in [0.717, 1.165) is 11.1 Å². The molecule has 4 rings (SSSR count). The summed E-state index contributed by atoms with van der Waals surface area (Å²) in [4.78, 5) is 27.7. The van der Waals surface area contributed by atoms with Gasteiger partial charge < -0.3 is 15.0 Å². The summed E-state index contributed by atoms with van der Waals surface area (Å²) < 4.78 is 7.25. The van der Waals surface area contributed by atoms with Crippen molar-refractivity contribution in [3.8, 4) is 16.9 Å². The standard InChI is InChI=1S/C30H31ClN4O3/c1-22(2)18-34(30(37)21-38-20-23-11-5-3-6-12-23)19-29(36)32-28-17-26(24-13-7-4-8-14-24)33-35(28)27-16-10-9-15-25(27)31/h3-17,22H,18-21H2,1-2H3,(H,32,36). The molecule has 0 saturated heterocycles. The molecule has 3 aromatic carbocycles. The predicted molar refractivity (Wildman–Crippen MR) is 150 cm³/mol. The van der Waals surface area contributed by atoms with Crippen LogP contribution in [0.1, 0.15) is 19.4 Å². The zero-order valence-corrected chi connectivity index (χ0v) is 22.3. The molecule has 0 atom stereocenters. The first-order valence-corrected chi connectivity index (χ1v) is 12.9. The molecule has 4 aromatic rings. The lowest BCUT2D eigenvalue weighted by molar-refractivity contribution is -0.139. The molecular formula is C30H31ClN4O3. The molecule has 1 heterocycles. The summed E-state index contributed by atoms with van der Waals surface area (Å²) in [6.07, 6.45) is 0. The van der Waals surface area contributed by atoms with Crippen LogP contribution in [0.3, 0.4) is 0 Å². The van der Waals surface area contributed by atoms with Crippen molar-refractivity contribution in [3.05, 3.63) is 102 Å². The second-order valence-corrected chi connectivity index (χ2v) is 9.75. The molecular weight excluding hydrogens is 500 g/mol. The second-order valence-electron chi connectivity index (χ2n) is 9.34. The number of para-hydroxylation sites is 1. The predicted octanol–water partition coefficient (Wildman–Crippen LogP) is 5.83. The summed E-state index contributed by atoms with van der Waals surface area (Å²) in [6.45, 7) is 4.54. The molecule has 7 nitrogen and oxygen atoms in total. The molecule has 38 heavy (non-hydrogen) atoms. The highest BCUT2D eigenvalue weighted by molar-refractivity contribution is 6.32. The van der Waals surface area contributed by atoms with E-state index < -0.39 is 0 Å². The average Bonchev–Trinajstić information content (AvgIpc) is 3.32. The van der Waals surface area contributed by atoms with E-state index in [2.05, 4.69) is 5.32 Å². The molecule has 0 bridgehead atoms. The van der Waals surface area contributed by atoms with Gasteiger partial charge in [0.05, 0.1) is 29.6 Å². The van der Waals surface area contributed by atoms with Crippen LogP contribution in [0.2, 0.25) is 5.02 Å². The molecule has 1 aromatic heterocycles. The number of amides is 2. The largest absolute Gasteiger partial charge is 0.367 e. The van der Waals surface area contributed by atoms with Crippen LogP contribution in [-0.2, 0) is 20.9 Å². The molecule has 0 unspecified atom stereocenters. The zero-order chi connectivity index (χ0) is 26.9. The highest BCUT2D eigenvalue weighted by atomic mass is 35.5. The molecule has 2 amide bonds. The Morgan fingerprint density at radius 3 is 2.32 bits per heavy atom. The highest BCUT2D eigenvalue weighted by Gasteiger charge is 2.21. The first-order chi connectivity index (χ1) is 18.4. The van der Waals surface area contributed by atoms with Gasteiger partial charge in [0.15, 0.2) is 0 Å². The lowest BCUT2D eigenvalue weighted by Gasteiger charge is -2.24. The maximum atomic E-state index is 13.2. The van der Waals surface area contributed by atoms with Gasteiger partial charge in [0.25, 0.3) is 0 Å². The van der Waals surface area contributed by atoms with Crippen molar-refractivity contribution in [2.24, 2.45) is 5.92 Å². The van der Waals surface area contributed by atoms with Gasteiger partial charge in [-0.1, -0.05) is 98.2 Å². The first kappa shape index (κ1) is 27.1. The van der Waals surface area contributed by atoms with E-state index in [4.69, 9.17) is 21.4 Å². The van der Waals surface area contributed by atoms with Crippen LogP contribution < -0.4 is 5.32 Å². The quantitative estimate of drug-likeness (QED) is 0.264. The Morgan fingerprint density at radius 2 is 1.63 bits per heavy atom. The Bertz CT molecular complexity index is 1360. The third kappa shape index (κ3) is 7.31. The minimum Gasteiger partial charge on any atom is -0.367 e. The number of carbonyl (C=O) groups is 2. The number of anilines is 1. The minimum atomic E-state index is -0.338. The summed E-state index contributed by atoms with van der Waals surface area (Å²) in [5.41, 5.74) is 3.21. The molecule has 1 N–H and O–H groups in total. The van der Waals surface area contributed by atoms with E-state index in [9.17, 15) is 9.59 Å². The van der Waals surface area contributed by atoms with Gasteiger partial charge in [-0.3, -0.25) is 9.59 Å². The normalized spacial score (nSPS) is 10.9. The number of hydrogen-bond acceptors (Lipinski definition) is 4. The number of aromatic nitrogens is 2. The van der Waals surface area contributed by atoms with Crippen molar-refractivity contribution in [3.63, 3.8) is 0 Å². The van der Waals surface area contributed by atoms with Crippen LogP contribution in [0.25, 0.3) is 16.9 Å². The number of carbonyl (C=O) groups excluding carboxylic acids is 2. The number of nitrogens with one attached hydrogen (secondary N) is 1. The summed E-state index contributed by atoms with van der Waals surface area (Å²) in [7, 11) is 0. The van der Waals surface area contributed by atoms with Crippen molar-refractivity contribution < 1.29 is 14.3 Å². The molecule has 0 radical (unpaired) electrons. The maximum absolute atomic E-state index is 13.2. The fourth-order valence-corrected chi connectivity index (χ4v) is 4.22. The number of benzene rings is 3. The smallest absolute Gasteiger partial charge is 0.249 e. The zero-order valence-electron chi connectivity index (χ0n) is 21.5. The Hall–Kier alpha value is -3.94. The van der Waals surface area contributed by atoms with Gasteiger partial charge in [-0.25, -0.2) is 4.68 Å². The van der Waals surface area contributed by atoms with Crippen LogP contribution in [0.5, 0.6) is 0 Å².